The monoisotopic (exact) mass is 253 g/mol. The summed E-state index contributed by atoms with van der Waals surface area (Å²) < 4.78 is 13.5. The normalized spacial score (nSPS) is 14.6. The van der Waals surface area contributed by atoms with E-state index >= 15 is 0 Å². The molecular formula is C14H20FNO2. The van der Waals surface area contributed by atoms with Gasteiger partial charge in [-0.2, -0.15) is 0 Å². The van der Waals surface area contributed by atoms with E-state index in [4.69, 9.17) is 5.11 Å². The van der Waals surface area contributed by atoms with Crippen molar-refractivity contribution in [3.63, 3.8) is 0 Å². The Hall–Kier alpha value is -1.42. The fraction of sp³-hybridized carbons (Fsp3) is 0.500. The number of halogens is 1. The largest absolute Gasteiger partial charge is 0.480 e. The SMILES string of the molecule is Cc1ccc(C(C)NC(C(=O)O)C(C)C)cc1F. The number of rotatable bonds is 5. The lowest BCUT2D eigenvalue weighted by Crippen LogP contribution is -2.42. The third-order valence-electron chi connectivity index (χ3n) is 3.06. The van der Waals surface area contributed by atoms with Crippen LogP contribution >= 0.6 is 0 Å². The lowest BCUT2D eigenvalue weighted by Gasteiger charge is -2.23. The fourth-order valence-electron chi connectivity index (χ4n) is 1.79. The Bertz CT molecular complexity index is 432. The van der Waals surface area contributed by atoms with E-state index in [9.17, 15) is 9.18 Å². The first-order chi connectivity index (χ1) is 8.32. The Morgan fingerprint density at radius 2 is 1.94 bits per heavy atom. The van der Waals surface area contributed by atoms with Crippen LogP contribution in [0, 0.1) is 18.7 Å². The Balaban J connectivity index is 2.83. The first-order valence-corrected chi connectivity index (χ1v) is 6.07. The minimum atomic E-state index is -0.885. The minimum absolute atomic E-state index is 0.0276. The Morgan fingerprint density at radius 1 is 1.33 bits per heavy atom. The molecule has 2 N–H and O–H groups in total. The number of nitrogens with one attached hydrogen (secondary N) is 1. The van der Waals surface area contributed by atoms with Gasteiger partial charge >= 0.3 is 5.97 Å². The van der Waals surface area contributed by atoms with Crippen LogP contribution in [0.5, 0.6) is 0 Å². The molecule has 2 unspecified atom stereocenters. The molecule has 0 bridgehead atoms. The van der Waals surface area contributed by atoms with Crippen LogP contribution in [0.4, 0.5) is 4.39 Å². The van der Waals surface area contributed by atoms with Crippen molar-refractivity contribution < 1.29 is 14.3 Å². The van der Waals surface area contributed by atoms with E-state index in [0.29, 0.717) is 5.56 Å². The highest BCUT2D eigenvalue weighted by molar-refractivity contribution is 5.73. The molecule has 0 spiro atoms. The number of carboxylic acids is 1. The van der Waals surface area contributed by atoms with E-state index in [-0.39, 0.29) is 17.8 Å². The van der Waals surface area contributed by atoms with Crippen molar-refractivity contribution in [2.24, 2.45) is 5.92 Å². The molecule has 0 saturated carbocycles. The molecule has 0 aromatic heterocycles. The van der Waals surface area contributed by atoms with E-state index in [1.54, 1.807) is 13.0 Å². The Labute approximate surface area is 107 Å². The van der Waals surface area contributed by atoms with Crippen molar-refractivity contribution in [2.75, 3.05) is 0 Å². The van der Waals surface area contributed by atoms with Gasteiger partial charge in [0.15, 0.2) is 0 Å². The van der Waals surface area contributed by atoms with Crippen LogP contribution in [0.3, 0.4) is 0 Å². The van der Waals surface area contributed by atoms with Gasteiger partial charge in [-0.05, 0) is 37.0 Å². The van der Waals surface area contributed by atoms with Gasteiger partial charge in [-0.3, -0.25) is 10.1 Å². The van der Waals surface area contributed by atoms with Crippen molar-refractivity contribution in [1.82, 2.24) is 5.32 Å². The molecule has 0 heterocycles. The van der Waals surface area contributed by atoms with Crippen molar-refractivity contribution in [1.29, 1.82) is 0 Å². The molecule has 100 valence electrons. The maximum atomic E-state index is 13.5. The van der Waals surface area contributed by atoms with Gasteiger partial charge in [0.2, 0.25) is 0 Å². The molecule has 0 saturated heterocycles. The van der Waals surface area contributed by atoms with E-state index in [0.717, 1.165) is 5.56 Å². The van der Waals surface area contributed by atoms with E-state index in [1.807, 2.05) is 26.8 Å². The third-order valence-corrected chi connectivity index (χ3v) is 3.06. The number of aliphatic carboxylic acids is 1. The number of benzene rings is 1. The van der Waals surface area contributed by atoms with E-state index < -0.39 is 12.0 Å². The van der Waals surface area contributed by atoms with Gasteiger partial charge in [-0.15, -0.1) is 0 Å². The average Bonchev–Trinajstić information content (AvgIpc) is 2.28. The zero-order valence-electron chi connectivity index (χ0n) is 11.2. The topological polar surface area (TPSA) is 49.3 Å². The van der Waals surface area contributed by atoms with Crippen LogP contribution in [0.1, 0.15) is 37.9 Å². The zero-order chi connectivity index (χ0) is 13.9. The highest BCUT2D eigenvalue weighted by atomic mass is 19.1. The number of aryl methyl sites for hydroxylation is 1. The predicted octanol–water partition coefficient (Wildman–Crippen LogP) is 2.89. The molecule has 0 fully saturated rings. The standard InChI is InChI=1S/C14H20FNO2/c1-8(2)13(14(17)18)16-10(4)11-6-5-9(3)12(15)7-11/h5-8,10,13,16H,1-4H3,(H,17,18). The molecule has 2 atom stereocenters. The van der Waals surface area contributed by atoms with E-state index in [1.165, 1.54) is 6.07 Å². The zero-order valence-corrected chi connectivity index (χ0v) is 11.2. The summed E-state index contributed by atoms with van der Waals surface area (Å²) in [4.78, 5) is 11.1. The lowest BCUT2D eigenvalue weighted by molar-refractivity contribution is -0.140. The third kappa shape index (κ3) is 3.53. The lowest BCUT2D eigenvalue weighted by atomic mass is 10.0. The van der Waals surface area contributed by atoms with Gasteiger partial charge in [0.25, 0.3) is 0 Å². The molecule has 1 aromatic carbocycles. The predicted molar refractivity (Wildman–Crippen MR) is 68.9 cm³/mol. The van der Waals surface area contributed by atoms with Crippen LogP contribution in [0.15, 0.2) is 18.2 Å². The Morgan fingerprint density at radius 3 is 2.39 bits per heavy atom. The minimum Gasteiger partial charge on any atom is -0.480 e. The van der Waals surface area contributed by atoms with Crippen LogP contribution in [-0.4, -0.2) is 17.1 Å². The summed E-state index contributed by atoms with van der Waals surface area (Å²) in [7, 11) is 0. The van der Waals surface area contributed by atoms with Gasteiger partial charge in [-0.25, -0.2) is 4.39 Å². The molecule has 0 aliphatic carbocycles. The van der Waals surface area contributed by atoms with Crippen molar-refractivity contribution in [2.45, 2.75) is 39.8 Å². The van der Waals surface area contributed by atoms with Gasteiger partial charge in [0.1, 0.15) is 11.9 Å². The number of carboxylic acid groups (broad SMARTS) is 1. The van der Waals surface area contributed by atoms with Crippen LogP contribution < -0.4 is 5.32 Å². The van der Waals surface area contributed by atoms with Gasteiger partial charge in [-0.1, -0.05) is 26.0 Å². The number of hydrogen-bond donors (Lipinski definition) is 2. The molecular weight excluding hydrogens is 233 g/mol. The quantitative estimate of drug-likeness (QED) is 0.848. The summed E-state index contributed by atoms with van der Waals surface area (Å²) in [6.45, 7) is 7.22. The first kappa shape index (κ1) is 14.6. The second kappa shape index (κ2) is 5.96. The van der Waals surface area contributed by atoms with Gasteiger partial charge in [0, 0.05) is 6.04 Å². The molecule has 1 aromatic rings. The highest BCUT2D eigenvalue weighted by Gasteiger charge is 2.23. The summed E-state index contributed by atoms with van der Waals surface area (Å²) in [6, 6.07) is 4.13. The molecule has 18 heavy (non-hydrogen) atoms. The Kier molecular flexibility index (Phi) is 4.84. The van der Waals surface area contributed by atoms with Crippen LogP contribution in [-0.2, 0) is 4.79 Å². The fourth-order valence-corrected chi connectivity index (χ4v) is 1.79. The molecule has 0 aliphatic heterocycles. The molecule has 0 aliphatic rings. The summed E-state index contributed by atoms with van der Waals surface area (Å²) >= 11 is 0. The summed E-state index contributed by atoms with van der Waals surface area (Å²) in [5.41, 5.74) is 1.34. The second-order valence-electron chi connectivity index (χ2n) is 4.96. The van der Waals surface area contributed by atoms with Crippen molar-refractivity contribution in [3.8, 4) is 0 Å². The highest BCUT2D eigenvalue weighted by Crippen LogP contribution is 2.18. The maximum absolute atomic E-state index is 13.5. The number of hydrogen-bond acceptors (Lipinski definition) is 2. The van der Waals surface area contributed by atoms with E-state index in [2.05, 4.69) is 5.32 Å². The molecule has 4 heteroatoms. The summed E-state index contributed by atoms with van der Waals surface area (Å²) in [6.07, 6.45) is 0. The second-order valence-corrected chi connectivity index (χ2v) is 4.96. The molecule has 3 nitrogen and oxygen atoms in total. The van der Waals surface area contributed by atoms with Gasteiger partial charge < -0.3 is 5.11 Å². The first-order valence-electron chi connectivity index (χ1n) is 6.07. The van der Waals surface area contributed by atoms with Gasteiger partial charge in [0.05, 0.1) is 0 Å². The van der Waals surface area contributed by atoms with Crippen molar-refractivity contribution >= 4 is 5.97 Å². The summed E-state index contributed by atoms with van der Waals surface area (Å²) in [5, 5.41) is 12.1. The smallest absolute Gasteiger partial charge is 0.320 e. The van der Waals surface area contributed by atoms with Crippen molar-refractivity contribution in [3.05, 3.63) is 35.1 Å². The average molecular weight is 253 g/mol. The molecule has 1 rings (SSSR count). The van der Waals surface area contributed by atoms with Crippen LogP contribution in [0.25, 0.3) is 0 Å². The number of carbonyl (C=O) groups is 1. The molecule has 0 amide bonds. The summed E-state index contributed by atoms with van der Waals surface area (Å²) in [5.74, 6) is -1.18. The molecule has 0 radical (unpaired) electrons. The maximum Gasteiger partial charge on any atom is 0.320 e. The van der Waals surface area contributed by atoms with Crippen LogP contribution in [0.2, 0.25) is 0 Å².